The Bertz CT molecular complexity index is 1300. The molecule has 0 saturated carbocycles. The molecule has 1 aromatic carbocycles. The molecule has 1 fully saturated rings. The molecule has 0 radical (unpaired) electrons. The van der Waals surface area contributed by atoms with Crippen molar-refractivity contribution in [1.82, 2.24) is 19.3 Å². The first-order chi connectivity index (χ1) is 14.5. The van der Waals surface area contributed by atoms with E-state index in [1.54, 1.807) is 18.2 Å². The first-order valence-electron chi connectivity index (χ1n) is 9.37. The van der Waals surface area contributed by atoms with Gasteiger partial charge in [0.05, 0.1) is 27.9 Å². The van der Waals surface area contributed by atoms with Crippen molar-refractivity contribution in [3.63, 3.8) is 0 Å². The smallest absolute Gasteiger partial charge is 0.267 e. The number of fused-ring (bicyclic) bond motifs is 1. The molecule has 0 amide bonds. The maximum atomic E-state index is 12.9. The van der Waals surface area contributed by atoms with Crippen LogP contribution in [0.3, 0.4) is 0 Å². The van der Waals surface area contributed by atoms with Gasteiger partial charge in [0, 0.05) is 29.7 Å². The van der Waals surface area contributed by atoms with Gasteiger partial charge in [-0.1, -0.05) is 31.4 Å². The van der Waals surface area contributed by atoms with Crippen LogP contribution in [0, 0.1) is 11.3 Å². The SMILES string of the molecule is C=CC(=C)S(=O)(=O)n1cc(-c2nc(N[C@@H]3CCNC3)ncc2C#N)c2ccccc21. The lowest BCUT2D eigenvalue weighted by Gasteiger charge is -2.12. The molecule has 0 unspecified atom stereocenters. The molecule has 3 heterocycles. The third-order valence-corrected chi connectivity index (χ3v) is 6.70. The van der Waals surface area contributed by atoms with Crippen LogP contribution in [0.15, 0.2) is 60.8 Å². The van der Waals surface area contributed by atoms with E-state index in [9.17, 15) is 13.7 Å². The second-order valence-electron chi connectivity index (χ2n) is 6.93. The number of aromatic nitrogens is 3. The molecule has 152 valence electrons. The zero-order chi connectivity index (χ0) is 21.3. The summed E-state index contributed by atoms with van der Waals surface area (Å²) in [5, 5.41) is 16.8. The Labute approximate surface area is 174 Å². The van der Waals surface area contributed by atoms with Gasteiger partial charge in [0.25, 0.3) is 10.0 Å². The summed E-state index contributed by atoms with van der Waals surface area (Å²) in [4.78, 5) is 8.70. The second-order valence-corrected chi connectivity index (χ2v) is 8.80. The fourth-order valence-corrected chi connectivity index (χ4v) is 4.59. The molecule has 30 heavy (non-hydrogen) atoms. The molecule has 3 aromatic rings. The van der Waals surface area contributed by atoms with Crippen molar-refractivity contribution in [2.45, 2.75) is 12.5 Å². The lowest BCUT2D eigenvalue weighted by Crippen LogP contribution is -2.23. The molecular weight excluding hydrogens is 400 g/mol. The fourth-order valence-electron chi connectivity index (χ4n) is 3.47. The maximum absolute atomic E-state index is 12.9. The van der Waals surface area contributed by atoms with Crippen molar-refractivity contribution in [2.24, 2.45) is 0 Å². The third-order valence-electron chi connectivity index (χ3n) is 5.05. The number of rotatable bonds is 6. The summed E-state index contributed by atoms with van der Waals surface area (Å²) in [7, 11) is -3.90. The zero-order valence-corrected chi connectivity index (χ0v) is 17.0. The number of allylic oxidation sites excluding steroid dienone is 1. The first-order valence-corrected chi connectivity index (χ1v) is 10.8. The number of nitrogens with zero attached hydrogens (tertiary/aromatic N) is 4. The summed E-state index contributed by atoms with van der Waals surface area (Å²) in [5.74, 6) is 0.396. The van der Waals surface area contributed by atoms with E-state index in [0.717, 1.165) is 23.5 Å². The number of nitrogens with one attached hydrogen (secondary N) is 2. The van der Waals surface area contributed by atoms with E-state index in [-0.39, 0.29) is 16.5 Å². The van der Waals surface area contributed by atoms with Crippen LogP contribution in [-0.2, 0) is 10.0 Å². The topological polar surface area (TPSA) is 113 Å². The quantitative estimate of drug-likeness (QED) is 0.590. The van der Waals surface area contributed by atoms with Crippen molar-refractivity contribution < 1.29 is 8.42 Å². The highest BCUT2D eigenvalue weighted by Gasteiger charge is 2.24. The average molecular weight is 420 g/mol. The summed E-state index contributed by atoms with van der Waals surface area (Å²) in [6.45, 7) is 8.83. The van der Waals surface area contributed by atoms with E-state index < -0.39 is 10.0 Å². The van der Waals surface area contributed by atoms with Crippen molar-refractivity contribution in [3.05, 3.63) is 66.4 Å². The second kappa shape index (κ2) is 7.74. The van der Waals surface area contributed by atoms with E-state index in [1.165, 1.54) is 18.5 Å². The lowest BCUT2D eigenvalue weighted by molar-refractivity contribution is 0.596. The Morgan fingerprint density at radius 3 is 2.90 bits per heavy atom. The number of hydrogen-bond acceptors (Lipinski definition) is 7. The highest BCUT2D eigenvalue weighted by molar-refractivity contribution is 7.94. The monoisotopic (exact) mass is 420 g/mol. The standard InChI is InChI=1S/C21H20N6O2S/c1-3-14(2)30(28,29)27-13-18(17-6-4-5-7-19(17)27)20-15(10-22)11-24-21(26-20)25-16-8-9-23-12-16/h3-7,11,13,16,23H,1-2,8-9,12H2,(H,24,25,26)/t16-/m1/s1. The first kappa shape index (κ1) is 19.8. The molecule has 1 aliphatic heterocycles. The van der Waals surface area contributed by atoms with Crippen LogP contribution in [0.4, 0.5) is 5.95 Å². The molecule has 0 bridgehead atoms. The van der Waals surface area contributed by atoms with Crippen LogP contribution >= 0.6 is 0 Å². The zero-order valence-electron chi connectivity index (χ0n) is 16.2. The molecule has 2 aromatic heterocycles. The largest absolute Gasteiger partial charge is 0.350 e. The number of hydrogen-bond donors (Lipinski definition) is 2. The molecular formula is C21H20N6O2S. The minimum Gasteiger partial charge on any atom is -0.350 e. The van der Waals surface area contributed by atoms with E-state index in [1.807, 2.05) is 6.07 Å². The van der Waals surface area contributed by atoms with Gasteiger partial charge in [0.15, 0.2) is 0 Å². The molecule has 2 N–H and O–H groups in total. The van der Waals surface area contributed by atoms with E-state index in [2.05, 4.69) is 39.8 Å². The van der Waals surface area contributed by atoms with Crippen LogP contribution < -0.4 is 10.6 Å². The summed E-state index contributed by atoms with van der Waals surface area (Å²) < 4.78 is 27.0. The van der Waals surface area contributed by atoms with Gasteiger partial charge in [-0.15, -0.1) is 0 Å². The van der Waals surface area contributed by atoms with Crippen LogP contribution in [0.5, 0.6) is 0 Å². The normalized spacial score (nSPS) is 16.3. The van der Waals surface area contributed by atoms with Gasteiger partial charge in [0.1, 0.15) is 6.07 Å². The Balaban J connectivity index is 1.90. The van der Waals surface area contributed by atoms with Gasteiger partial charge >= 0.3 is 0 Å². The van der Waals surface area contributed by atoms with Crippen molar-refractivity contribution in [2.75, 3.05) is 18.4 Å². The summed E-state index contributed by atoms with van der Waals surface area (Å²) in [5.41, 5.74) is 1.62. The van der Waals surface area contributed by atoms with Gasteiger partial charge in [-0.25, -0.2) is 22.4 Å². The molecule has 9 heteroatoms. The minimum absolute atomic E-state index is 0.117. The van der Waals surface area contributed by atoms with Gasteiger partial charge in [-0.05, 0) is 25.1 Å². The average Bonchev–Trinajstić information content (AvgIpc) is 3.41. The minimum atomic E-state index is -3.90. The van der Waals surface area contributed by atoms with Gasteiger partial charge in [0.2, 0.25) is 5.95 Å². The van der Waals surface area contributed by atoms with Crippen molar-refractivity contribution in [3.8, 4) is 17.3 Å². The summed E-state index contributed by atoms with van der Waals surface area (Å²) >= 11 is 0. The van der Waals surface area contributed by atoms with Gasteiger partial charge in [-0.2, -0.15) is 5.26 Å². The Morgan fingerprint density at radius 2 is 2.20 bits per heavy atom. The fraction of sp³-hybridized carbons (Fsp3) is 0.190. The Morgan fingerprint density at radius 1 is 1.40 bits per heavy atom. The van der Waals surface area contributed by atoms with E-state index in [4.69, 9.17) is 0 Å². The number of para-hydroxylation sites is 1. The molecule has 1 aliphatic rings. The summed E-state index contributed by atoms with van der Waals surface area (Å²) in [6, 6.07) is 9.35. The van der Waals surface area contributed by atoms with Crippen LogP contribution in [0.25, 0.3) is 22.2 Å². The lowest BCUT2D eigenvalue weighted by atomic mass is 10.1. The molecule has 8 nitrogen and oxygen atoms in total. The molecule has 1 saturated heterocycles. The Hall–Kier alpha value is -3.48. The third kappa shape index (κ3) is 3.36. The molecule has 4 rings (SSSR count). The van der Waals surface area contributed by atoms with Crippen molar-refractivity contribution in [1.29, 1.82) is 5.26 Å². The number of nitriles is 1. The highest BCUT2D eigenvalue weighted by atomic mass is 32.2. The van der Waals surface area contributed by atoms with E-state index >= 15 is 0 Å². The number of anilines is 1. The van der Waals surface area contributed by atoms with Crippen molar-refractivity contribution >= 4 is 26.9 Å². The number of benzene rings is 1. The van der Waals surface area contributed by atoms with Crippen LogP contribution in [-0.4, -0.2) is 41.5 Å². The molecule has 1 atom stereocenters. The van der Waals surface area contributed by atoms with E-state index in [0.29, 0.717) is 28.1 Å². The van der Waals surface area contributed by atoms with Gasteiger partial charge in [-0.3, -0.25) is 0 Å². The predicted octanol–water partition coefficient (Wildman–Crippen LogP) is 2.62. The van der Waals surface area contributed by atoms with Gasteiger partial charge < -0.3 is 10.6 Å². The van der Waals surface area contributed by atoms with Crippen LogP contribution in [0.2, 0.25) is 0 Å². The Kier molecular flexibility index (Phi) is 5.11. The summed E-state index contributed by atoms with van der Waals surface area (Å²) in [6.07, 6.45) is 5.07. The molecule has 0 aliphatic carbocycles. The molecule has 0 spiro atoms. The highest BCUT2D eigenvalue weighted by Crippen LogP contribution is 2.33. The maximum Gasteiger partial charge on any atom is 0.267 e. The van der Waals surface area contributed by atoms with Crippen LogP contribution in [0.1, 0.15) is 12.0 Å². The predicted molar refractivity (Wildman–Crippen MR) is 116 cm³/mol.